The van der Waals surface area contributed by atoms with Crippen LogP contribution in [-0.2, 0) is 0 Å². The molecule has 0 aromatic rings. The molecule has 0 radical (unpaired) electrons. The van der Waals surface area contributed by atoms with E-state index < -0.39 is 0 Å². The Hall–Kier alpha value is 0. The molecule has 0 bridgehead atoms. The Balaban J connectivity index is 2.67. The van der Waals surface area contributed by atoms with Gasteiger partial charge < -0.3 is 0 Å². The van der Waals surface area contributed by atoms with Crippen LogP contribution >= 0.6 is 0 Å². The monoisotopic (exact) mass is 224 g/mol. The average Bonchev–Trinajstić information content (AvgIpc) is 2.13. The van der Waals surface area contributed by atoms with Crippen LogP contribution in [0.4, 0.5) is 0 Å². The van der Waals surface area contributed by atoms with Crippen molar-refractivity contribution in [3.63, 3.8) is 0 Å². The summed E-state index contributed by atoms with van der Waals surface area (Å²) in [7, 11) is 0. The van der Waals surface area contributed by atoms with E-state index in [4.69, 9.17) is 0 Å². The van der Waals surface area contributed by atoms with Crippen molar-refractivity contribution >= 4 is 0 Å². The fourth-order valence-electron chi connectivity index (χ4n) is 4.35. The molecule has 1 fully saturated rings. The number of hydrogen-bond donors (Lipinski definition) is 0. The van der Waals surface area contributed by atoms with Crippen LogP contribution in [0.5, 0.6) is 0 Å². The molecule has 16 heavy (non-hydrogen) atoms. The molecular formula is C16H32. The molecule has 96 valence electrons. The van der Waals surface area contributed by atoms with Gasteiger partial charge in [0.25, 0.3) is 0 Å². The van der Waals surface area contributed by atoms with Gasteiger partial charge in [-0.1, -0.05) is 55.4 Å². The Morgan fingerprint density at radius 3 is 1.75 bits per heavy atom. The number of rotatable bonds is 4. The molecule has 1 rings (SSSR count). The van der Waals surface area contributed by atoms with E-state index in [2.05, 4.69) is 55.4 Å². The maximum absolute atomic E-state index is 2.49. The Kier molecular flexibility index (Phi) is 4.13. The predicted octanol–water partition coefficient (Wildman–Crippen LogP) is 5.23. The molecule has 1 aliphatic rings. The van der Waals surface area contributed by atoms with Crippen molar-refractivity contribution in [2.24, 2.45) is 40.9 Å². The quantitative estimate of drug-likeness (QED) is 0.613. The van der Waals surface area contributed by atoms with Gasteiger partial charge in [0.15, 0.2) is 0 Å². The molecule has 0 heterocycles. The van der Waals surface area contributed by atoms with Crippen molar-refractivity contribution in [1.29, 1.82) is 0 Å². The van der Waals surface area contributed by atoms with Crippen molar-refractivity contribution in [3.05, 3.63) is 0 Å². The van der Waals surface area contributed by atoms with E-state index in [9.17, 15) is 0 Å². The van der Waals surface area contributed by atoms with Gasteiger partial charge in [-0.05, 0) is 47.3 Å². The maximum atomic E-state index is 2.49. The summed E-state index contributed by atoms with van der Waals surface area (Å²) in [6.07, 6.45) is 1.42. The lowest BCUT2D eigenvalue weighted by Gasteiger charge is -2.55. The second-order valence-electron chi connectivity index (χ2n) is 7.52. The SMILES string of the molecule is CC(C)C(C)C(C)C(C)C1C(C)CC1(C)C. The van der Waals surface area contributed by atoms with Crippen LogP contribution in [0.15, 0.2) is 0 Å². The van der Waals surface area contributed by atoms with E-state index in [-0.39, 0.29) is 0 Å². The van der Waals surface area contributed by atoms with E-state index in [1.54, 1.807) is 0 Å². The minimum Gasteiger partial charge on any atom is -0.0625 e. The van der Waals surface area contributed by atoms with E-state index in [1.807, 2.05) is 0 Å². The van der Waals surface area contributed by atoms with Crippen LogP contribution < -0.4 is 0 Å². The van der Waals surface area contributed by atoms with E-state index in [0.717, 1.165) is 35.5 Å². The van der Waals surface area contributed by atoms with Crippen LogP contribution in [0, 0.1) is 40.9 Å². The summed E-state index contributed by atoms with van der Waals surface area (Å²) >= 11 is 0. The lowest BCUT2D eigenvalue weighted by molar-refractivity contribution is -0.0632. The fraction of sp³-hybridized carbons (Fsp3) is 1.00. The first-order valence-electron chi connectivity index (χ1n) is 7.18. The molecule has 0 N–H and O–H groups in total. The van der Waals surface area contributed by atoms with Gasteiger partial charge in [0, 0.05) is 0 Å². The van der Waals surface area contributed by atoms with Crippen LogP contribution in [-0.4, -0.2) is 0 Å². The van der Waals surface area contributed by atoms with Gasteiger partial charge in [-0.15, -0.1) is 0 Å². The van der Waals surface area contributed by atoms with Crippen molar-refractivity contribution in [2.75, 3.05) is 0 Å². The molecule has 5 atom stereocenters. The minimum atomic E-state index is 0.587. The van der Waals surface area contributed by atoms with E-state index >= 15 is 0 Å². The summed E-state index contributed by atoms with van der Waals surface area (Å²) in [5.74, 6) is 5.26. The summed E-state index contributed by atoms with van der Waals surface area (Å²) in [5, 5.41) is 0. The third kappa shape index (κ3) is 2.46. The van der Waals surface area contributed by atoms with Crippen molar-refractivity contribution in [1.82, 2.24) is 0 Å². The summed E-state index contributed by atoms with van der Waals surface area (Å²) in [6, 6.07) is 0. The first kappa shape index (κ1) is 14.1. The van der Waals surface area contributed by atoms with Crippen molar-refractivity contribution < 1.29 is 0 Å². The third-order valence-electron chi connectivity index (χ3n) is 5.64. The number of hydrogen-bond acceptors (Lipinski definition) is 0. The highest BCUT2D eigenvalue weighted by Crippen LogP contribution is 2.56. The molecule has 0 saturated heterocycles. The molecule has 0 amide bonds. The van der Waals surface area contributed by atoms with E-state index in [0.29, 0.717) is 5.41 Å². The molecule has 0 aromatic carbocycles. The second-order valence-corrected chi connectivity index (χ2v) is 7.52. The molecule has 1 aliphatic carbocycles. The lowest BCUT2D eigenvalue weighted by atomic mass is 9.50. The first-order chi connectivity index (χ1) is 7.18. The van der Waals surface area contributed by atoms with Gasteiger partial charge in [0.1, 0.15) is 0 Å². The Morgan fingerprint density at radius 2 is 1.44 bits per heavy atom. The summed E-state index contributed by atoms with van der Waals surface area (Å²) in [5.41, 5.74) is 0.587. The molecule has 0 aromatic heterocycles. The molecule has 0 spiro atoms. The average molecular weight is 224 g/mol. The Bertz CT molecular complexity index is 226. The standard InChI is InChI=1S/C16H32/c1-10(2)12(4)13(5)14(6)15-11(3)9-16(15,7)8/h10-15H,9H2,1-8H3. The van der Waals surface area contributed by atoms with Gasteiger partial charge in [-0.2, -0.15) is 0 Å². The third-order valence-corrected chi connectivity index (χ3v) is 5.64. The largest absolute Gasteiger partial charge is 0.0625 e. The van der Waals surface area contributed by atoms with Crippen molar-refractivity contribution in [3.8, 4) is 0 Å². The molecule has 0 heteroatoms. The molecule has 5 unspecified atom stereocenters. The maximum Gasteiger partial charge on any atom is -0.0308 e. The van der Waals surface area contributed by atoms with Crippen LogP contribution in [0.2, 0.25) is 0 Å². The highest BCUT2D eigenvalue weighted by atomic mass is 14.5. The molecule has 1 saturated carbocycles. The zero-order valence-corrected chi connectivity index (χ0v) is 12.7. The van der Waals surface area contributed by atoms with Gasteiger partial charge in [-0.25, -0.2) is 0 Å². The molecular weight excluding hydrogens is 192 g/mol. The zero-order chi connectivity index (χ0) is 12.7. The van der Waals surface area contributed by atoms with Crippen LogP contribution in [0.1, 0.15) is 61.8 Å². The minimum absolute atomic E-state index is 0.587. The molecule has 0 nitrogen and oxygen atoms in total. The van der Waals surface area contributed by atoms with Gasteiger partial charge >= 0.3 is 0 Å². The summed E-state index contributed by atoms with van der Waals surface area (Å²) < 4.78 is 0. The summed E-state index contributed by atoms with van der Waals surface area (Å²) in [6.45, 7) is 19.5. The lowest BCUT2D eigenvalue weighted by Crippen LogP contribution is -2.48. The first-order valence-corrected chi connectivity index (χ1v) is 7.18. The Labute approximate surface area is 103 Å². The normalized spacial score (nSPS) is 34.3. The highest BCUT2D eigenvalue weighted by molar-refractivity contribution is 4.97. The van der Waals surface area contributed by atoms with Crippen LogP contribution in [0.25, 0.3) is 0 Å². The molecule has 0 aliphatic heterocycles. The van der Waals surface area contributed by atoms with Crippen LogP contribution in [0.3, 0.4) is 0 Å². The predicted molar refractivity (Wildman–Crippen MR) is 73.4 cm³/mol. The van der Waals surface area contributed by atoms with Gasteiger partial charge in [0.05, 0.1) is 0 Å². The summed E-state index contributed by atoms with van der Waals surface area (Å²) in [4.78, 5) is 0. The van der Waals surface area contributed by atoms with E-state index in [1.165, 1.54) is 6.42 Å². The smallest absolute Gasteiger partial charge is 0.0308 e. The van der Waals surface area contributed by atoms with Gasteiger partial charge in [-0.3, -0.25) is 0 Å². The zero-order valence-electron chi connectivity index (χ0n) is 12.7. The Morgan fingerprint density at radius 1 is 0.938 bits per heavy atom. The second kappa shape index (κ2) is 4.70. The highest BCUT2D eigenvalue weighted by Gasteiger charge is 2.48. The topological polar surface area (TPSA) is 0 Å². The van der Waals surface area contributed by atoms with Gasteiger partial charge in [0.2, 0.25) is 0 Å². The van der Waals surface area contributed by atoms with Crippen molar-refractivity contribution in [2.45, 2.75) is 61.8 Å². The fourth-order valence-corrected chi connectivity index (χ4v) is 4.35.